The van der Waals surface area contributed by atoms with Gasteiger partial charge in [0.05, 0.1) is 0 Å². The van der Waals surface area contributed by atoms with Gasteiger partial charge >= 0.3 is 6.09 Å². The number of benzene rings is 1. The zero-order valence-electron chi connectivity index (χ0n) is 15.1. The molecule has 0 aliphatic heterocycles. The molecule has 0 spiro atoms. The molecule has 0 fully saturated rings. The fraction of sp³-hybridized carbons (Fsp3) is 0.556. The summed E-state index contributed by atoms with van der Waals surface area (Å²) >= 11 is 0. The van der Waals surface area contributed by atoms with Crippen LogP contribution < -0.4 is 15.5 Å². The predicted octanol–water partition coefficient (Wildman–Crippen LogP) is 2.54. The molecule has 6 heteroatoms. The maximum Gasteiger partial charge on any atom is 0.407 e. The molecule has 2 amide bonds. The standard InChI is InChI=1S/C18H29N3O3/c1-18(2,3)24-17(23)20-12-8-11-16(22)19-13-14-21(4)15-9-6-5-7-10-15/h5-7,9-10H,8,11-14H2,1-4H3,(H,19,22)(H,20,23). The highest BCUT2D eigenvalue weighted by atomic mass is 16.6. The molecule has 24 heavy (non-hydrogen) atoms. The first-order valence-corrected chi connectivity index (χ1v) is 8.27. The monoisotopic (exact) mass is 335 g/mol. The molecule has 0 atom stereocenters. The van der Waals surface area contributed by atoms with Gasteiger partial charge < -0.3 is 20.3 Å². The quantitative estimate of drug-likeness (QED) is 0.716. The van der Waals surface area contributed by atoms with Crippen molar-refractivity contribution in [3.63, 3.8) is 0 Å². The molecule has 1 aromatic carbocycles. The van der Waals surface area contributed by atoms with E-state index in [0.29, 0.717) is 25.9 Å². The summed E-state index contributed by atoms with van der Waals surface area (Å²) < 4.78 is 5.12. The van der Waals surface area contributed by atoms with Crippen molar-refractivity contribution in [3.8, 4) is 0 Å². The second-order valence-corrected chi connectivity index (χ2v) is 6.64. The first-order chi connectivity index (χ1) is 11.3. The van der Waals surface area contributed by atoms with Crippen molar-refractivity contribution in [2.75, 3.05) is 31.6 Å². The van der Waals surface area contributed by atoms with Crippen LogP contribution in [0, 0.1) is 0 Å². The number of hydrogen-bond donors (Lipinski definition) is 2. The lowest BCUT2D eigenvalue weighted by atomic mass is 10.2. The van der Waals surface area contributed by atoms with Crippen LogP contribution in [0.3, 0.4) is 0 Å². The topological polar surface area (TPSA) is 70.7 Å². The highest BCUT2D eigenvalue weighted by Crippen LogP contribution is 2.09. The van der Waals surface area contributed by atoms with E-state index in [-0.39, 0.29) is 5.91 Å². The number of carbonyl (C=O) groups is 2. The Morgan fingerprint density at radius 3 is 2.38 bits per heavy atom. The molecular weight excluding hydrogens is 306 g/mol. The molecule has 0 saturated carbocycles. The van der Waals surface area contributed by atoms with Crippen LogP contribution in [0.5, 0.6) is 0 Å². The summed E-state index contributed by atoms with van der Waals surface area (Å²) in [5, 5.41) is 5.53. The fourth-order valence-electron chi connectivity index (χ4n) is 2.02. The number of nitrogens with one attached hydrogen (secondary N) is 2. The van der Waals surface area contributed by atoms with E-state index in [1.807, 2.05) is 58.2 Å². The normalized spacial score (nSPS) is 10.8. The Morgan fingerprint density at radius 2 is 1.75 bits per heavy atom. The third-order valence-corrected chi connectivity index (χ3v) is 3.22. The van der Waals surface area contributed by atoms with E-state index in [1.54, 1.807) is 0 Å². The van der Waals surface area contributed by atoms with Gasteiger partial charge in [0.1, 0.15) is 5.60 Å². The smallest absolute Gasteiger partial charge is 0.407 e. The Bertz CT molecular complexity index is 512. The van der Waals surface area contributed by atoms with Crippen molar-refractivity contribution in [3.05, 3.63) is 30.3 Å². The molecule has 1 rings (SSSR count). The summed E-state index contributed by atoms with van der Waals surface area (Å²) in [6.45, 7) is 7.19. The van der Waals surface area contributed by atoms with Crippen LogP contribution in [-0.2, 0) is 9.53 Å². The van der Waals surface area contributed by atoms with E-state index in [1.165, 1.54) is 0 Å². The number of hydrogen-bond acceptors (Lipinski definition) is 4. The molecule has 0 unspecified atom stereocenters. The highest BCUT2D eigenvalue weighted by Gasteiger charge is 2.15. The summed E-state index contributed by atoms with van der Waals surface area (Å²) in [6.07, 6.45) is 0.511. The van der Waals surface area contributed by atoms with E-state index in [0.717, 1.165) is 12.2 Å². The summed E-state index contributed by atoms with van der Waals surface area (Å²) in [4.78, 5) is 25.3. The number of nitrogens with zero attached hydrogens (tertiary/aromatic N) is 1. The molecule has 0 aliphatic carbocycles. The maximum absolute atomic E-state index is 11.8. The number of anilines is 1. The summed E-state index contributed by atoms with van der Waals surface area (Å²) in [7, 11) is 1.99. The van der Waals surface area contributed by atoms with E-state index in [2.05, 4.69) is 15.5 Å². The number of alkyl carbamates (subject to hydrolysis) is 1. The molecule has 1 aromatic rings. The van der Waals surface area contributed by atoms with Gasteiger partial charge in [0.2, 0.25) is 5.91 Å². The molecule has 0 heterocycles. The lowest BCUT2D eigenvalue weighted by molar-refractivity contribution is -0.121. The van der Waals surface area contributed by atoms with Crippen molar-refractivity contribution in [1.82, 2.24) is 10.6 Å². The lowest BCUT2D eigenvalue weighted by Gasteiger charge is -2.20. The van der Waals surface area contributed by atoms with Gasteiger partial charge in [0.15, 0.2) is 0 Å². The molecule has 0 radical (unpaired) electrons. The second kappa shape index (κ2) is 9.80. The van der Waals surface area contributed by atoms with Crippen LogP contribution in [0.2, 0.25) is 0 Å². The van der Waals surface area contributed by atoms with Crippen LogP contribution in [0.1, 0.15) is 33.6 Å². The average Bonchev–Trinajstić information content (AvgIpc) is 2.50. The van der Waals surface area contributed by atoms with Crippen LogP contribution in [0.4, 0.5) is 10.5 Å². The van der Waals surface area contributed by atoms with Crippen molar-refractivity contribution in [1.29, 1.82) is 0 Å². The Labute approximate surface area is 144 Å². The van der Waals surface area contributed by atoms with Crippen molar-refractivity contribution >= 4 is 17.7 Å². The van der Waals surface area contributed by atoms with Gasteiger partial charge in [0, 0.05) is 38.8 Å². The van der Waals surface area contributed by atoms with Crippen LogP contribution in [-0.4, -0.2) is 44.3 Å². The van der Waals surface area contributed by atoms with Gasteiger partial charge in [-0.15, -0.1) is 0 Å². The Morgan fingerprint density at radius 1 is 1.08 bits per heavy atom. The van der Waals surface area contributed by atoms with Gasteiger partial charge in [-0.3, -0.25) is 4.79 Å². The second-order valence-electron chi connectivity index (χ2n) is 6.64. The van der Waals surface area contributed by atoms with Crippen molar-refractivity contribution in [2.45, 2.75) is 39.2 Å². The summed E-state index contributed by atoms with van der Waals surface area (Å²) in [6, 6.07) is 10.0. The molecule has 0 aliphatic rings. The van der Waals surface area contributed by atoms with Gasteiger partial charge in [0.25, 0.3) is 0 Å². The highest BCUT2D eigenvalue weighted by molar-refractivity contribution is 5.76. The zero-order chi connectivity index (χ0) is 18.0. The molecule has 134 valence electrons. The Hall–Kier alpha value is -2.24. The van der Waals surface area contributed by atoms with E-state index >= 15 is 0 Å². The number of carbonyl (C=O) groups excluding carboxylic acids is 2. The van der Waals surface area contributed by atoms with Crippen LogP contribution in [0.15, 0.2) is 30.3 Å². The molecule has 6 nitrogen and oxygen atoms in total. The minimum Gasteiger partial charge on any atom is -0.444 e. The third kappa shape index (κ3) is 9.02. The van der Waals surface area contributed by atoms with Gasteiger partial charge in [-0.1, -0.05) is 18.2 Å². The fourth-order valence-corrected chi connectivity index (χ4v) is 2.02. The van der Waals surface area contributed by atoms with Gasteiger partial charge in [-0.25, -0.2) is 4.79 Å². The zero-order valence-corrected chi connectivity index (χ0v) is 15.1. The SMILES string of the molecule is CN(CCNC(=O)CCCNC(=O)OC(C)(C)C)c1ccccc1. The first kappa shape index (κ1) is 19.8. The summed E-state index contributed by atoms with van der Waals surface area (Å²) in [5.41, 5.74) is 0.611. The van der Waals surface area contributed by atoms with Gasteiger partial charge in [-0.05, 0) is 39.3 Å². The molecule has 2 N–H and O–H groups in total. The lowest BCUT2D eigenvalue weighted by Crippen LogP contribution is -2.34. The van der Waals surface area contributed by atoms with E-state index in [9.17, 15) is 9.59 Å². The number of rotatable bonds is 8. The van der Waals surface area contributed by atoms with E-state index in [4.69, 9.17) is 4.74 Å². The molecule has 0 bridgehead atoms. The largest absolute Gasteiger partial charge is 0.444 e. The number of para-hydroxylation sites is 1. The number of ether oxygens (including phenoxy) is 1. The minimum atomic E-state index is -0.508. The average molecular weight is 335 g/mol. The van der Waals surface area contributed by atoms with Crippen LogP contribution >= 0.6 is 0 Å². The summed E-state index contributed by atoms with van der Waals surface area (Å²) in [5.74, 6) is -0.0116. The Kier molecular flexibility index (Phi) is 8.09. The number of likely N-dealkylation sites (N-methyl/N-ethyl adjacent to an activating group) is 1. The van der Waals surface area contributed by atoms with Crippen molar-refractivity contribution < 1.29 is 14.3 Å². The van der Waals surface area contributed by atoms with Crippen molar-refractivity contribution in [2.24, 2.45) is 0 Å². The molecular formula is C18H29N3O3. The van der Waals surface area contributed by atoms with E-state index < -0.39 is 11.7 Å². The van der Waals surface area contributed by atoms with Gasteiger partial charge in [-0.2, -0.15) is 0 Å². The third-order valence-electron chi connectivity index (χ3n) is 3.22. The molecule has 0 aromatic heterocycles. The Balaban J connectivity index is 2.09. The van der Waals surface area contributed by atoms with Crippen LogP contribution in [0.25, 0.3) is 0 Å². The maximum atomic E-state index is 11.8. The molecule has 0 saturated heterocycles. The minimum absolute atomic E-state index is 0.0116. The number of amides is 2. The first-order valence-electron chi connectivity index (χ1n) is 8.27. The predicted molar refractivity (Wildman–Crippen MR) is 96.2 cm³/mol.